The van der Waals surface area contributed by atoms with Crippen LogP contribution in [-0.2, 0) is 6.42 Å². The zero-order valence-electron chi connectivity index (χ0n) is 12.0. The molecule has 2 N–H and O–H groups in total. The molecule has 0 aromatic heterocycles. The molecular weight excluding hydrogens is 258 g/mol. The molecule has 0 radical (unpaired) electrons. The zero-order chi connectivity index (χ0) is 14.8. The van der Waals surface area contributed by atoms with Gasteiger partial charge in [-0.1, -0.05) is 54.1 Å². The van der Waals surface area contributed by atoms with Crippen molar-refractivity contribution in [3.05, 3.63) is 82.9 Å². The Balaban J connectivity index is 2.11. The lowest BCUT2D eigenvalue weighted by Crippen LogP contribution is -2.11. The Morgan fingerprint density at radius 1 is 1.00 bits per heavy atom. The zero-order valence-corrected chi connectivity index (χ0v) is 12.0. The van der Waals surface area contributed by atoms with Crippen LogP contribution in [0, 0.1) is 6.92 Å². The van der Waals surface area contributed by atoms with E-state index in [0.717, 1.165) is 17.4 Å². The molecule has 3 aromatic rings. The van der Waals surface area contributed by atoms with E-state index in [0.29, 0.717) is 5.56 Å². The van der Waals surface area contributed by atoms with Gasteiger partial charge in [0.15, 0.2) is 0 Å². The number of carbonyl (C=O) groups excluding carboxylic acids is 1. The number of nitrogens with two attached hydrogens (primary N) is 1. The van der Waals surface area contributed by atoms with Gasteiger partial charge in [-0.3, -0.25) is 4.79 Å². The number of hydrogen-bond donors (Lipinski definition) is 1. The Bertz CT molecular complexity index is 803. The predicted octanol–water partition coefficient (Wildman–Crippen LogP) is 3.84. The van der Waals surface area contributed by atoms with E-state index in [9.17, 15) is 4.79 Å². The molecule has 0 aliphatic rings. The van der Waals surface area contributed by atoms with Gasteiger partial charge >= 0.3 is 0 Å². The number of fused-ring (bicyclic) bond motifs is 1. The molecule has 2 heteroatoms. The fraction of sp³-hybridized carbons (Fsp3) is 0.105. The van der Waals surface area contributed by atoms with Crippen molar-refractivity contribution >= 4 is 16.7 Å². The van der Waals surface area contributed by atoms with Gasteiger partial charge in [-0.25, -0.2) is 0 Å². The van der Waals surface area contributed by atoms with E-state index in [2.05, 4.69) is 37.3 Å². The molecule has 0 bridgehead atoms. The number of carbonyl (C=O) groups is 1. The molecule has 3 aromatic carbocycles. The molecule has 0 fully saturated rings. The van der Waals surface area contributed by atoms with Gasteiger partial charge in [-0.2, -0.15) is 0 Å². The van der Waals surface area contributed by atoms with Crippen molar-refractivity contribution in [3.8, 4) is 0 Å². The standard InChI is InChI=1S/C19H17NO/c1-13-6-8-14(9-7-13)10-16-12-17(19(20)21)11-15-4-2-3-5-18(15)16/h2-9,11-12H,10H2,1H3,(H2,20,21). The maximum Gasteiger partial charge on any atom is 0.248 e. The molecule has 0 aliphatic heterocycles. The number of amides is 1. The second-order valence-corrected chi connectivity index (χ2v) is 5.38. The molecule has 0 saturated carbocycles. The van der Waals surface area contributed by atoms with Gasteiger partial charge in [0.1, 0.15) is 0 Å². The Morgan fingerprint density at radius 2 is 1.71 bits per heavy atom. The third-order valence-electron chi connectivity index (χ3n) is 3.75. The van der Waals surface area contributed by atoms with Crippen LogP contribution in [0.3, 0.4) is 0 Å². The first-order valence-corrected chi connectivity index (χ1v) is 7.00. The van der Waals surface area contributed by atoms with E-state index in [1.165, 1.54) is 16.5 Å². The number of hydrogen-bond acceptors (Lipinski definition) is 1. The van der Waals surface area contributed by atoms with Crippen LogP contribution in [0.5, 0.6) is 0 Å². The van der Waals surface area contributed by atoms with Crippen LogP contribution in [-0.4, -0.2) is 5.91 Å². The Hall–Kier alpha value is -2.61. The van der Waals surface area contributed by atoms with Gasteiger partial charge in [-0.15, -0.1) is 0 Å². The first kappa shape index (κ1) is 13.4. The fourth-order valence-electron chi connectivity index (χ4n) is 2.60. The van der Waals surface area contributed by atoms with E-state index in [4.69, 9.17) is 5.73 Å². The summed E-state index contributed by atoms with van der Waals surface area (Å²) >= 11 is 0. The van der Waals surface area contributed by atoms with Crippen molar-refractivity contribution in [1.29, 1.82) is 0 Å². The van der Waals surface area contributed by atoms with Gasteiger partial charge in [0.25, 0.3) is 0 Å². The van der Waals surface area contributed by atoms with Crippen molar-refractivity contribution in [2.75, 3.05) is 0 Å². The summed E-state index contributed by atoms with van der Waals surface area (Å²) in [5, 5.41) is 2.22. The molecule has 0 atom stereocenters. The monoisotopic (exact) mass is 275 g/mol. The van der Waals surface area contributed by atoms with E-state index < -0.39 is 0 Å². The van der Waals surface area contributed by atoms with Gasteiger partial charge in [-0.05, 0) is 47.4 Å². The molecule has 1 amide bonds. The summed E-state index contributed by atoms with van der Waals surface area (Å²) in [6, 6.07) is 20.3. The molecular formula is C19H17NO. The first-order valence-electron chi connectivity index (χ1n) is 7.00. The van der Waals surface area contributed by atoms with Crippen molar-refractivity contribution in [3.63, 3.8) is 0 Å². The van der Waals surface area contributed by atoms with Crippen molar-refractivity contribution < 1.29 is 4.79 Å². The van der Waals surface area contributed by atoms with Crippen LogP contribution >= 0.6 is 0 Å². The number of benzene rings is 3. The third kappa shape index (κ3) is 2.79. The fourth-order valence-corrected chi connectivity index (χ4v) is 2.60. The number of rotatable bonds is 3. The highest BCUT2D eigenvalue weighted by molar-refractivity contribution is 5.99. The molecule has 3 rings (SSSR count). The molecule has 2 nitrogen and oxygen atoms in total. The Labute approximate surface area is 124 Å². The summed E-state index contributed by atoms with van der Waals surface area (Å²) in [7, 11) is 0. The SMILES string of the molecule is Cc1ccc(Cc2cc(C(N)=O)cc3ccccc23)cc1. The topological polar surface area (TPSA) is 43.1 Å². The summed E-state index contributed by atoms with van der Waals surface area (Å²) < 4.78 is 0. The van der Waals surface area contributed by atoms with Gasteiger partial charge in [0.2, 0.25) is 5.91 Å². The molecule has 0 heterocycles. The normalized spacial score (nSPS) is 10.7. The minimum absolute atomic E-state index is 0.383. The second kappa shape index (κ2) is 5.41. The van der Waals surface area contributed by atoms with Gasteiger partial charge in [0, 0.05) is 5.56 Å². The van der Waals surface area contributed by atoms with E-state index in [1.54, 1.807) is 0 Å². The first-order chi connectivity index (χ1) is 10.1. The van der Waals surface area contributed by atoms with Crippen LogP contribution in [0.25, 0.3) is 10.8 Å². The molecule has 0 spiro atoms. The minimum atomic E-state index is -0.383. The van der Waals surface area contributed by atoms with Gasteiger partial charge < -0.3 is 5.73 Å². The highest BCUT2D eigenvalue weighted by atomic mass is 16.1. The quantitative estimate of drug-likeness (QED) is 0.775. The Kier molecular flexibility index (Phi) is 3.44. The van der Waals surface area contributed by atoms with Gasteiger partial charge in [0.05, 0.1) is 0 Å². The van der Waals surface area contributed by atoms with E-state index >= 15 is 0 Å². The van der Waals surface area contributed by atoms with Crippen LogP contribution in [0.2, 0.25) is 0 Å². The lowest BCUT2D eigenvalue weighted by molar-refractivity contribution is 0.100. The lowest BCUT2D eigenvalue weighted by Gasteiger charge is -2.09. The lowest BCUT2D eigenvalue weighted by atomic mass is 9.95. The molecule has 0 saturated heterocycles. The third-order valence-corrected chi connectivity index (χ3v) is 3.75. The van der Waals surface area contributed by atoms with E-state index in [1.807, 2.05) is 30.3 Å². The largest absolute Gasteiger partial charge is 0.366 e. The van der Waals surface area contributed by atoms with Crippen molar-refractivity contribution in [2.45, 2.75) is 13.3 Å². The maximum absolute atomic E-state index is 11.5. The number of aryl methyl sites for hydroxylation is 1. The summed E-state index contributed by atoms with van der Waals surface area (Å²) in [5.41, 5.74) is 9.62. The highest BCUT2D eigenvalue weighted by Gasteiger charge is 2.08. The number of primary amides is 1. The van der Waals surface area contributed by atoms with Crippen LogP contribution in [0.15, 0.2) is 60.7 Å². The highest BCUT2D eigenvalue weighted by Crippen LogP contribution is 2.23. The summed E-state index contributed by atoms with van der Waals surface area (Å²) in [4.78, 5) is 11.5. The average molecular weight is 275 g/mol. The second-order valence-electron chi connectivity index (χ2n) is 5.38. The molecule has 0 aliphatic carbocycles. The van der Waals surface area contributed by atoms with Crippen LogP contribution < -0.4 is 5.73 Å². The van der Waals surface area contributed by atoms with Crippen LogP contribution in [0.1, 0.15) is 27.0 Å². The molecule has 21 heavy (non-hydrogen) atoms. The van der Waals surface area contributed by atoms with Crippen molar-refractivity contribution in [1.82, 2.24) is 0 Å². The molecule has 0 unspecified atom stereocenters. The van der Waals surface area contributed by atoms with E-state index in [-0.39, 0.29) is 5.91 Å². The van der Waals surface area contributed by atoms with Crippen molar-refractivity contribution in [2.24, 2.45) is 5.73 Å². The summed E-state index contributed by atoms with van der Waals surface area (Å²) in [5.74, 6) is -0.383. The smallest absolute Gasteiger partial charge is 0.248 e. The summed E-state index contributed by atoms with van der Waals surface area (Å²) in [6.45, 7) is 2.08. The predicted molar refractivity (Wildman–Crippen MR) is 86.5 cm³/mol. The van der Waals surface area contributed by atoms with Crippen LogP contribution in [0.4, 0.5) is 0 Å². The Morgan fingerprint density at radius 3 is 2.43 bits per heavy atom. The summed E-state index contributed by atoms with van der Waals surface area (Å²) in [6.07, 6.45) is 0.794. The minimum Gasteiger partial charge on any atom is -0.366 e. The molecule has 104 valence electrons. The maximum atomic E-state index is 11.5. The average Bonchev–Trinajstić information content (AvgIpc) is 2.49.